The summed E-state index contributed by atoms with van der Waals surface area (Å²) < 4.78 is 0. The molecule has 1 atom stereocenters. The van der Waals surface area contributed by atoms with Crippen molar-refractivity contribution in [1.29, 1.82) is 0 Å². The first-order valence-electron chi connectivity index (χ1n) is 4.21. The Bertz CT molecular complexity index is 250. The van der Waals surface area contributed by atoms with Gasteiger partial charge < -0.3 is 0 Å². The van der Waals surface area contributed by atoms with Gasteiger partial charge in [-0.25, -0.2) is 0 Å². The van der Waals surface area contributed by atoms with Gasteiger partial charge in [0.2, 0.25) is 0 Å². The van der Waals surface area contributed by atoms with Crippen LogP contribution in [-0.2, 0) is 6.42 Å². The summed E-state index contributed by atoms with van der Waals surface area (Å²) in [5, 5.41) is 0. The van der Waals surface area contributed by atoms with Crippen LogP contribution in [-0.4, -0.2) is 0 Å². The lowest BCUT2D eigenvalue weighted by Crippen LogP contribution is -2.06. The summed E-state index contributed by atoms with van der Waals surface area (Å²) >= 11 is 0. The van der Waals surface area contributed by atoms with Gasteiger partial charge in [-0.1, -0.05) is 24.3 Å². The second-order valence-electron chi connectivity index (χ2n) is 3.20. The highest BCUT2D eigenvalue weighted by atomic mass is 14.2. The fourth-order valence-corrected chi connectivity index (χ4v) is 1.79. The quantitative estimate of drug-likeness (QED) is 0.525. The van der Waals surface area contributed by atoms with Gasteiger partial charge in [0.05, 0.1) is 0 Å². The summed E-state index contributed by atoms with van der Waals surface area (Å²) in [7, 11) is 0. The molecule has 1 aromatic carbocycles. The highest BCUT2D eigenvalue weighted by Crippen LogP contribution is 2.29. The third-order valence-corrected chi connectivity index (χ3v) is 2.42. The molecule has 0 saturated heterocycles. The van der Waals surface area contributed by atoms with E-state index in [1.165, 1.54) is 24.0 Å². The fourth-order valence-electron chi connectivity index (χ4n) is 1.79. The Hall–Kier alpha value is -0.780. The molecule has 1 aliphatic rings. The standard InChI is InChI=1S/C11H12/c1-9-5-4-7-10-6-2-3-8-11(9)10/h1-3,6,8-9H,4-5,7H2. The average molecular weight is 144 g/mol. The first-order chi connectivity index (χ1) is 5.38. The van der Waals surface area contributed by atoms with E-state index in [9.17, 15) is 0 Å². The van der Waals surface area contributed by atoms with E-state index in [1.807, 2.05) is 0 Å². The molecule has 0 nitrogen and oxygen atoms in total. The second kappa shape index (κ2) is 2.69. The highest BCUT2D eigenvalue weighted by Gasteiger charge is 2.14. The predicted octanol–water partition coefficient (Wildman–Crippen LogP) is 2.82. The van der Waals surface area contributed by atoms with E-state index < -0.39 is 0 Å². The summed E-state index contributed by atoms with van der Waals surface area (Å²) in [6.45, 7) is 5.95. The number of hydrogen-bond donors (Lipinski definition) is 0. The maximum absolute atomic E-state index is 5.95. The maximum atomic E-state index is 5.95. The molecular weight excluding hydrogens is 132 g/mol. The van der Waals surface area contributed by atoms with E-state index in [0.717, 1.165) is 6.42 Å². The summed E-state index contributed by atoms with van der Waals surface area (Å²) in [5.74, 6) is 0.292. The molecule has 0 saturated carbocycles. The Balaban J connectivity index is 2.44. The smallest absolute Gasteiger partial charge is 0.0125 e. The van der Waals surface area contributed by atoms with Crippen molar-refractivity contribution in [2.45, 2.75) is 25.2 Å². The van der Waals surface area contributed by atoms with Gasteiger partial charge in [0.25, 0.3) is 0 Å². The van der Waals surface area contributed by atoms with Crippen LogP contribution >= 0.6 is 0 Å². The highest BCUT2D eigenvalue weighted by molar-refractivity contribution is 5.32. The molecule has 11 heavy (non-hydrogen) atoms. The minimum absolute atomic E-state index is 0.292. The van der Waals surface area contributed by atoms with Crippen LogP contribution in [0.1, 0.15) is 29.9 Å². The van der Waals surface area contributed by atoms with Crippen molar-refractivity contribution >= 4 is 0 Å². The Morgan fingerprint density at radius 3 is 2.91 bits per heavy atom. The SMILES string of the molecule is [CH]C1CCCc2ccccc21. The van der Waals surface area contributed by atoms with Crippen molar-refractivity contribution < 1.29 is 0 Å². The number of fused-ring (bicyclic) bond motifs is 1. The molecule has 1 aliphatic carbocycles. The molecule has 2 radical (unpaired) electrons. The van der Waals surface area contributed by atoms with E-state index in [4.69, 9.17) is 6.92 Å². The average Bonchev–Trinajstić information content (AvgIpc) is 2.06. The zero-order valence-corrected chi connectivity index (χ0v) is 6.59. The first kappa shape index (κ1) is 6.90. The van der Waals surface area contributed by atoms with Gasteiger partial charge in [-0.15, -0.1) is 0 Å². The third-order valence-electron chi connectivity index (χ3n) is 2.42. The van der Waals surface area contributed by atoms with Crippen LogP contribution in [0.4, 0.5) is 0 Å². The summed E-state index contributed by atoms with van der Waals surface area (Å²) in [5.41, 5.74) is 2.81. The molecule has 0 bridgehead atoms. The van der Waals surface area contributed by atoms with Crippen LogP contribution < -0.4 is 0 Å². The Kier molecular flexibility index (Phi) is 1.69. The summed E-state index contributed by atoms with van der Waals surface area (Å²) in [4.78, 5) is 0. The molecule has 0 heteroatoms. The second-order valence-corrected chi connectivity index (χ2v) is 3.20. The number of rotatable bonds is 0. The molecule has 1 aromatic rings. The molecule has 0 N–H and O–H groups in total. The minimum atomic E-state index is 0.292. The third kappa shape index (κ3) is 1.18. The Labute approximate surface area is 68.3 Å². The lowest BCUT2D eigenvalue weighted by molar-refractivity contribution is 0.627. The van der Waals surface area contributed by atoms with Crippen molar-refractivity contribution in [3.05, 3.63) is 42.3 Å². The van der Waals surface area contributed by atoms with Gasteiger partial charge in [-0.2, -0.15) is 0 Å². The predicted molar refractivity (Wildman–Crippen MR) is 46.4 cm³/mol. The fraction of sp³-hybridized carbons (Fsp3) is 0.364. The lowest BCUT2D eigenvalue weighted by atomic mass is 9.84. The van der Waals surface area contributed by atoms with E-state index in [-0.39, 0.29) is 0 Å². The minimum Gasteiger partial charge on any atom is -0.0620 e. The van der Waals surface area contributed by atoms with Crippen LogP contribution in [0.15, 0.2) is 24.3 Å². The molecule has 0 aliphatic heterocycles. The zero-order chi connectivity index (χ0) is 7.68. The van der Waals surface area contributed by atoms with Gasteiger partial charge in [-0.05, 0) is 43.2 Å². The van der Waals surface area contributed by atoms with E-state index in [1.54, 1.807) is 0 Å². The van der Waals surface area contributed by atoms with Gasteiger partial charge in [-0.3, -0.25) is 0 Å². The van der Waals surface area contributed by atoms with Crippen LogP contribution in [0.25, 0.3) is 0 Å². The molecule has 0 fully saturated rings. The molecule has 56 valence electrons. The zero-order valence-electron chi connectivity index (χ0n) is 6.59. The summed E-state index contributed by atoms with van der Waals surface area (Å²) in [6.07, 6.45) is 3.61. The van der Waals surface area contributed by atoms with E-state index >= 15 is 0 Å². The van der Waals surface area contributed by atoms with Gasteiger partial charge in [0.1, 0.15) is 0 Å². The van der Waals surface area contributed by atoms with Crippen LogP contribution in [0, 0.1) is 6.92 Å². The molecule has 0 spiro atoms. The van der Waals surface area contributed by atoms with Crippen molar-refractivity contribution in [2.75, 3.05) is 0 Å². The topological polar surface area (TPSA) is 0 Å². The molecule has 0 aromatic heterocycles. The van der Waals surface area contributed by atoms with Crippen LogP contribution in [0.5, 0.6) is 0 Å². The molecule has 1 unspecified atom stereocenters. The first-order valence-corrected chi connectivity index (χ1v) is 4.21. The monoisotopic (exact) mass is 144 g/mol. The maximum Gasteiger partial charge on any atom is -0.0125 e. The van der Waals surface area contributed by atoms with Gasteiger partial charge in [0, 0.05) is 0 Å². The van der Waals surface area contributed by atoms with Gasteiger partial charge >= 0.3 is 0 Å². The largest absolute Gasteiger partial charge is 0.0620 e. The Morgan fingerprint density at radius 1 is 1.27 bits per heavy atom. The van der Waals surface area contributed by atoms with Crippen LogP contribution in [0.2, 0.25) is 0 Å². The molecular formula is C11H12. The number of aryl methyl sites for hydroxylation is 1. The van der Waals surface area contributed by atoms with Crippen molar-refractivity contribution in [2.24, 2.45) is 0 Å². The van der Waals surface area contributed by atoms with E-state index in [2.05, 4.69) is 24.3 Å². The van der Waals surface area contributed by atoms with Crippen molar-refractivity contribution in [3.8, 4) is 0 Å². The van der Waals surface area contributed by atoms with Gasteiger partial charge in [0.15, 0.2) is 0 Å². The normalized spacial score (nSPS) is 22.8. The summed E-state index contributed by atoms with van der Waals surface area (Å²) in [6, 6.07) is 8.51. The molecule has 0 heterocycles. The van der Waals surface area contributed by atoms with Crippen molar-refractivity contribution in [1.82, 2.24) is 0 Å². The lowest BCUT2D eigenvalue weighted by Gasteiger charge is -2.21. The van der Waals surface area contributed by atoms with E-state index in [0.29, 0.717) is 5.92 Å². The molecule has 2 rings (SSSR count). The number of benzene rings is 1. The van der Waals surface area contributed by atoms with Crippen LogP contribution in [0.3, 0.4) is 0 Å². The van der Waals surface area contributed by atoms with Crippen molar-refractivity contribution in [3.63, 3.8) is 0 Å². The Morgan fingerprint density at radius 2 is 2.09 bits per heavy atom. The number of hydrogen-bond acceptors (Lipinski definition) is 0. The molecule has 0 amide bonds.